The maximum absolute atomic E-state index is 12.2. The van der Waals surface area contributed by atoms with E-state index in [1.54, 1.807) is 18.2 Å². The van der Waals surface area contributed by atoms with Gasteiger partial charge in [0.2, 0.25) is 15.9 Å². The molecule has 0 saturated heterocycles. The Balaban J connectivity index is 1.87. The van der Waals surface area contributed by atoms with Crippen molar-refractivity contribution in [1.29, 1.82) is 0 Å². The third-order valence-corrected chi connectivity index (χ3v) is 5.80. The number of rotatable bonds is 7. The van der Waals surface area contributed by atoms with Crippen molar-refractivity contribution >= 4 is 43.5 Å². The topological polar surface area (TPSA) is 75.3 Å². The van der Waals surface area contributed by atoms with E-state index in [2.05, 4.69) is 26.0 Å². The van der Waals surface area contributed by atoms with E-state index < -0.39 is 10.0 Å². The van der Waals surface area contributed by atoms with Gasteiger partial charge < -0.3 is 5.32 Å². The Hall–Kier alpha value is -1.41. The summed E-state index contributed by atoms with van der Waals surface area (Å²) in [6.07, 6.45) is 0.0298. The van der Waals surface area contributed by atoms with Crippen LogP contribution >= 0.6 is 27.5 Å². The molecule has 2 N–H and O–H groups in total. The second kappa shape index (κ2) is 8.80. The SMILES string of the molecule is CC(NC(=O)CCNS(=O)(=O)c1cccc(Br)c1)c1ccccc1Cl. The third-order valence-electron chi connectivity index (χ3n) is 3.50. The minimum Gasteiger partial charge on any atom is -0.349 e. The predicted molar refractivity (Wildman–Crippen MR) is 102 cm³/mol. The highest BCUT2D eigenvalue weighted by Crippen LogP contribution is 2.22. The van der Waals surface area contributed by atoms with Gasteiger partial charge in [-0.05, 0) is 36.8 Å². The lowest BCUT2D eigenvalue weighted by Gasteiger charge is -2.15. The average Bonchev–Trinajstić information content (AvgIpc) is 2.55. The van der Waals surface area contributed by atoms with Gasteiger partial charge in [-0.3, -0.25) is 4.79 Å². The first kappa shape index (κ1) is 19.9. The largest absolute Gasteiger partial charge is 0.349 e. The van der Waals surface area contributed by atoms with Gasteiger partial charge in [0.1, 0.15) is 0 Å². The second-order valence-corrected chi connectivity index (χ2v) is 8.51. The Morgan fingerprint density at radius 3 is 2.60 bits per heavy atom. The lowest BCUT2D eigenvalue weighted by Crippen LogP contribution is -2.32. The minimum absolute atomic E-state index is 0.00984. The molecule has 8 heteroatoms. The van der Waals surface area contributed by atoms with Crippen molar-refractivity contribution in [3.05, 3.63) is 63.6 Å². The van der Waals surface area contributed by atoms with Crippen LogP contribution in [0.1, 0.15) is 24.9 Å². The molecule has 0 radical (unpaired) electrons. The van der Waals surface area contributed by atoms with Crippen molar-refractivity contribution < 1.29 is 13.2 Å². The van der Waals surface area contributed by atoms with E-state index >= 15 is 0 Å². The summed E-state index contributed by atoms with van der Waals surface area (Å²) < 4.78 is 27.4. The van der Waals surface area contributed by atoms with Gasteiger partial charge in [-0.2, -0.15) is 0 Å². The summed E-state index contributed by atoms with van der Waals surface area (Å²) in [6.45, 7) is 1.83. The van der Waals surface area contributed by atoms with Gasteiger partial charge in [-0.15, -0.1) is 0 Å². The normalized spacial score (nSPS) is 12.6. The summed E-state index contributed by atoms with van der Waals surface area (Å²) in [7, 11) is -3.65. The van der Waals surface area contributed by atoms with Crippen molar-refractivity contribution in [2.24, 2.45) is 0 Å². The Bertz CT molecular complexity index is 858. The van der Waals surface area contributed by atoms with Crippen LogP contribution in [0.15, 0.2) is 57.9 Å². The molecule has 1 amide bonds. The molecular formula is C17H18BrClN2O3S. The molecule has 0 fully saturated rings. The van der Waals surface area contributed by atoms with Crippen LogP contribution in [0.4, 0.5) is 0 Å². The Labute approximate surface area is 161 Å². The van der Waals surface area contributed by atoms with Crippen LogP contribution in [0.2, 0.25) is 5.02 Å². The third kappa shape index (κ3) is 5.81. The number of hydrogen-bond donors (Lipinski definition) is 2. The van der Waals surface area contributed by atoms with Crippen molar-refractivity contribution in [3.8, 4) is 0 Å². The van der Waals surface area contributed by atoms with Gasteiger partial charge in [0.15, 0.2) is 0 Å². The van der Waals surface area contributed by atoms with Crippen LogP contribution in [0.5, 0.6) is 0 Å². The van der Waals surface area contributed by atoms with Crippen LogP contribution in [0, 0.1) is 0 Å². The summed E-state index contributed by atoms with van der Waals surface area (Å²) in [4.78, 5) is 12.2. The van der Waals surface area contributed by atoms with Crippen LogP contribution in [0.3, 0.4) is 0 Å². The van der Waals surface area contributed by atoms with Crippen molar-refractivity contribution in [2.45, 2.75) is 24.3 Å². The standard InChI is InChI=1S/C17H18BrClN2O3S/c1-12(15-7-2-3-8-16(15)19)21-17(22)9-10-20-25(23,24)14-6-4-5-13(18)11-14/h2-8,11-12,20H,9-10H2,1H3,(H,21,22). The quantitative estimate of drug-likeness (QED) is 0.683. The monoisotopic (exact) mass is 444 g/mol. The van der Waals surface area contributed by atoms with Crippen molar-refractivity contribution in [1.82, 2.24) is 10.0 Å². The summed E-state index contributed by atoms with van der Waals surface area (Å²) >= 11 is 9.33. The fraction of sp³-hybridized carbons (Fsp3) is 0.235. The van der Waals surface area contributed by atoms with Crippen LogP contribution < -0.4 is 10.0 Å². The van der Waals surface area contributed by atoms with Gasteiger partial charge in [0.05, 0.1) is 10.9 Å². The molecule has 0 aliphatic rings. The first-order valence-corrected chi connectivity index (χ1v) is 10.2. The second-order valence-electron chi connectivity index (χ2n) is 5.42. The number of amides is 1. The van der Waals surface area contributed by atoms with Gasteiger partial charge in [0.25, 0.3) is 0 Å². The van der Waals surface area contributed by atoms with Crippen molar-refractivity contribution in [2.75, 3.05) is 6.54 Å². The van der Waals surface area contributed by atoms with Gasteiger partial charge in [0, 0.05) is 22.5 Å². The smallest absolute Gasteiger partial charge is 0.240 e. The molecule has 2 aromatic carbocycles. The molecule has 2 rings (SSSR count). The maximum atomic E-state index is 12.2. The molecule has 134 valence electrons. The van der Waals surface area contributed by atoms with Gasteiger partial charge in [-0.25, -0.2) is 13.1 Å². The zero-order chi connectivity index (χ0) is 18.4. The van der Waals surface area contributed by atoms with E-state index in [1.165, 1.54) is 12.1 Å². The average molecular weight is 446 g/mol. The molecule has 5 nitrogen and oxygen atoms in total. The Morgan fingerprint density at radius 1 is 1.20 bits per heavy atom. The predicted octanol–water partition coefficient (Wildman–Crippen LogP) is 3.65. The molecule has 1 atom stereocenters. The molecule has 0 aliphatic heterocycles. The first-order valence-electron chi connectivity index (χ1n) is 7.58. The molecule has 0 bridgehead atoms. The first-order chi connectivity index (χ1) is 11.8. The highest BCUT2D eigenvalue weighted by molar-refractivity contribution is 9.10. The van der Waals surface area contributed by atoms with E-state index in [0.29, 0.717) is 9.50 Å². The molecule has 2 aromatic rings. The van der Waals surface area contributed by atoms with E-state index in [0.717, 1.165) is 5.56 Å². The molecule has 0 heterocycles. The highest BCUT2D eigenvalue weighted by atomic mass is 79.9. The molecule has 25 heavy (non-hydrogen) atoms. The zero-order valence-electron chi connectivity index (χ0n) is 13.5. The lowest BCUT2D eigenvalue weighted by molar-refractivity contribution is -0.121. The number of nitrogens with one attached hydrogen (secondary N) is 2. The number of carbonyl (C=O) groups excluding carboxylic acids is 1. The summed E-state index contributed by atoms with van der Waals surface area (Å²) in [5.41, 5.74) is 0.812. The lowest BCUT2D eigenvalue weighted by atomic mass is 10.1. The zero-order valence-corrected chi connectivity index (χ0v) is 16.7. The van der Waals surface area contributed by atoms with Crippen LogP contribution in [-0.2, 0) is 14.8 Å². The Kier molecular flexibility index (Phi) is 7.01. The van der Waals surface area contributed by atoms with Gasteiger partial charge >= 0.3 is 0 Å². The van der Waals surface area contributed by atoms with E-state index in [-0.39, 0.29) is 29.8 Å². The molecule has 0 aliphatic carbocycles. The van der Waals surface area contributed by atoms with E-state index in [9.17, 15) is 13.2 Å². The fourth-order valence-electron chi connectivity index (χ4n) is 2.23. The molecule has 0 saturated carbocycles. The summed E-state index contributed by atoms with van der Waals surface area (Å²) in [5, 5.41) is 3.38. The van der Waals surface area contributed by atoms with Gasteiger partial charge in [-0.1, -0.05) is 51.8 Å². The Morgan fingerprint density at radius 2 is 1.92 bits per heavy atom. The van der Waals surface area contributed by atoms with Crippen molar-refractivity contribution in [3.63, 3.8) is 0 Å². The molecule has 0 aromatic heterocycles. The van der Waals surface area contributed by atoms with Crippen LogP contribution in [0.25, 0.3) is 0 Å². The number of sulfonamides is 1. The molecular weight excluding hydrogens is 428 g/mol. The molecule has 0 spiro atoms. The van der Waals surface area contributed by atoms with E-state index in [4.69, 9.17) is 11.6 Å². The fourth-order valence-corrected chi connectivity index (χ4v) is 4.16. The minimum atomic E-state index is -3.65. The number of benzene rings is 2. The summed E-state index contributed by atoms with van der Waals surface area (Å²) in [5.74, 6) is -0.260. The number of carbonyl (C=O) groups is 1. The number of hydrogen-bond acceptors (Lipinski definition) is 3. The highest BCUT2D eigenvalue weighted by Gasteiger charge is 2.16. The number of halogens is 2. The maximum Gasteiger partial charge on any atom is 0.240 e. The molecule has 1 unspecified atom stereocenters. The summed E-state index contributed by atoms with van der Waals surface area (Å²) in [6, 6.07) is 13.4. The van der Waals surface area contributed by atoms with Crippen LogP contribution in [-0.4, -0.2) is 20.9 Å². The van der Waals surface area contributed by atoms with E-state index in [1.807, 2.05) is 25.1 Å².